The van der Waals surface area contributed by atoms with Crippen molar-refractivity contribution in [2.45, 2.75) is 36.5 Å². The largest absolute Gasteiger partial charge is 0.327 e. The summed E-state index contributed by atoms with van der Waals surface area (Å²) in [6.07, 6.45) is 1.63. The van der Waals surface area contributed by atoms with Crippen LogP contribution < -0.4 is 5.73 Å². The maximum absolute atomic E-state index is 13.4. The molecule has 2 N–H and O–H groups in total. The molecule has 0 heterocycles. The first-order valence-corrected chi connectivity index (χ1v) is 7.88. The average Bonchev–Trinajstić information content (AvgIpc) is 2.47. The van der Waals surface area contributed by atoms with Crippen LogP contribution in [0.25, 0.3) is 0 Å². The molecule has 0 aliphatic rings. The Bertz CT molecular complexity index is 542. The number of benzene rings is 2. The van der Waals surface area contributed by atoms with E-state index < -0.39 is 0 Å². The monoisotopic (exact) mass is 289 g/mol. The van der Waals surface area contributed by atoms with Crippen LogP contribution in [0.2, 0.25) is 0 Å². The lowest BCUT2D eigenvalue weighted by atomic mass is 10.0. The first-order chi connectivity index (χ1) is 9.69. The minimum Gasteiger partial charge on any atom is -0.327 e. The summed E-state index contributed by atoms with van der Waals surface area (Å²) in [5, 5.41) is 0. The van der Waals surface area contributed by atoms with Crippen molar-refractivity contribution < 1.29 is 4.39 Å². The average molecular weight is 289 g/mol. The second-order valence-corrected chi connectivity index (χ2v) is 5.92. The second kappa shape index (κ2) is 7.46. The number of halogens is 1. The van der Waals surface area contributed by atoms with Crippen molar-refractivity contribution in [1.82, 2.24) is 0 Å². The number of hydrogen-bond acceptors (Lipinski definition) is 2. The van der Waals surface area contributed by atoms with Crippen LogP contribution in [-0.2, 0) is 12.2 Å². The van der Waals surface area contributed by atoms with Gasteiger partial charge in [0, 0.05) is 16.7 Å². The Kier molecular flexibility index (Phi) is 5.62. The normalized spacial score (nSPS) is 12.3. The molecule has 0 spiro atoms. The topological polar surface area (TPSA) is 26.0 Å². The Labute approximate surface area is 124 Å². The van der Waals surface area contributed by atoms with Crippen LogP contribution in [0, 0.1) is 5.82 Å². The smallest absolute Gasteiger partial charge is 0.123 e. The van der Waals surface area contributed by atoms with Crippen molar-refractivity contribution in [2.24, 2.45) is 5.73 Å². The van der Waals surface area contributed by atoms with E-state index in [1.807, 2.05) is 24.3 Å². The third-order valence-electron chi connectivity index (χ3n) is 3.27. The third-order valence-corrected chi connectivity index (χ3v) is 4.45. The predicted molar refractivity (Wildman–Crippen MR) is 84.4 cm³/mol. The zero-order chi connectivity index (χ0) is 14.4. The minimum absolute atomic E-state index is 0.0906. The molecule has 1 unspecified atom stereocenters. The Morgan fingerprint density at radius 3 is 2.60 bits per heavy atom. The van der Waals surface area contributed by atoms with Crippen LogP contribution in [0.5, 0.6) is 0 Å². The van der Waals surface area contributed by atoms with Crippen LogP contribution in [0.15, 0.2) is 53.4 Å². The van der Waals surface area contributed by atoms with Gasteiger partial charge in [-0.25, -0.2) is 4.39 Å². The molecule has 0 fully saturated rings. The summed E-state index contributed by atoms with van der Waals surface area (Å²) >= 11 is 1.74. The maximum Gasteiger partial charge on any atom is 0.123 e. The highest BCUT2D eigenvalue weighted by Crippen LogP contribution is 2.28. The molecule has 0 saturated carbocycles. The molecule has 0 saturated heterocycles. The van der Waals surface area contributed by atoms with Gasteiger partial charge in [-0.2, -0.15) is 0 Å². The molecule has 0 aliphatic heterocycles. The van der Waals surface area contributed by atoms with Crippen molar-refractivity contribution >= 4 is 11.8 Å². The predicted octanol–water partition coefficient (Wildman–Crippen LogP) is 4.40. The first-order valence-electron chi connectivity index (χ1n) is 6.89. The number of thioether (sulfide) groups is 1. The van der Waals surface area contributed by atoms with E-state index in [2.05, 4.69) is 19.1 Å². The Balaban J connectivity index is 2.10. The Morgan fingerprint density at radius 2 is 1.90 bits per heavy atom. The van der Waals surface area contributed by atoms with Gasteiger partial charge in [-0.3, -0.25) is 0 Å². The molecule has 0 bridgehead atoms. The summed E-state index contributed by atoms with van der Waals surface area (Å²) in [4.78, 5) is 1.12. The molecule has 0 aliphatic carbocycles. The van der Waals surface area contributed by atoms with Gasteiger partial charge < -0.3 is 5.73 Å². The highest BCUT2D eigenvalue weighted by atomic mass is 32.2. The van der Waals surface area contributed by atoms with Crippen molar-refractivity contribution in [3.63, 3.8) is 0 Å². The highest BCUT2D eigenvalue weighted by molar-refractivity contribution is 7.98. The zero-order valence-electron chi connectivity index (χ0n) is 11.7. The van der Waals surface area contributed by atoms with E-state index in [9.17, 15) is 4.39 Å². The summed E-state index contributed by atoms with van der Waals surface area (Å²) in [5.74, 6) is 0.702. The van der Waals surface area contributed by atoms with Gasteiger partial charge in [0.2, 0.25) is 0 Å². The van der Waals surface area contributed by atoms with Crippen molar-refractivity contribution in [3.05, 3.63) is 65.5 Å². The van der Waals surface area contributed by atoms with Gasteiger partial charge in [-0.05, 0) is 42.2 Å². The van der Waals surface area contributed by atoms with Crippen molar-refractivity contribution in [2.75, 3.05) is 0 Å². The minimum atomic E-state index is -0.188. The SMILES string of the molecule is CCC(N)Cc1cc(F)ccc1SCc1ccccc1. The van der Waals surface area contributed by atoms with E-state index in [0.29, 0.717) is 0 Å². The molecule has 2 aromatic rings. The first kappa shape index (κ1) is 15.1. The summed E-state index contributed by atoms with van der Waals surface area (Å²) < 4.78 is 13.4. The summed E-state index contributed by atoms with van der Waals surface area (Å²) in [6, 6.07) is 15.4. The van der Waals surface area contributed by atoms with Crippen LogP contribution in [0.3, 0.4) is 0 Å². The van der Waals surface area contributed by atoms with E-state index in [4.69, 9.17) is 5.73 Å². The van der Waals surface area contributed by atoms with E-state index in [0.717, 1.165) is 29.1 Å². The lowest BCUT2D eigenvalue weighted by Gasteiger charge is -2.13. The summed E-state index contributed by atoms with van der Waals surface area (Å²) in [6.45, 7) is 2.06. The molecule has 106 valence electrons. The molecule has 1 nitrogen and oxygen atoms in total. The number of hydrogen-bond donors (Lipinski definition) is 1. The van der Waals surface area contributed by atoms with E-state index >= 15 is 0 Å². The Morgan fingerprint density at radius 1 is 1.15 bits per heavy atom. The summed E-state index contributed by atoms with van der Waals surface area (Å²) in [5.41, 5.74) is 8.28. The molecule has 2 aromatic carbocycles. The van der Waals surface area contributed by atoms with Gasteiger partial charge in [0.1, 0.15) is 5.82 Å². The molecular formula is C17H20FNS. The highest BCUT2D eigenvalue weighted by Gasteiger charge is 2.09. The lowest BCUT2D eigenvalue weighted by molar-refractivity contribution is 0.610. The molecular weight excluding hydrogens is 269 g/mol. The fourth-order valence-electron chi connectivity index (χ4n) is 2.01. The number of nitrogens with two attached hydrogens (primary N) is 1. The molecule has 2 rings (SSSR count). The lowest BCUT2D eigenvalue weighted by Crippen LogP contribution is -2.21. The zero-order valence-corrected chi connectivity index (χ0v) is 12.5. The van der Waals surface area contributed by atoms with Gasteiger partial charge in [-0.15, -0.1) is 11.8 Å². The fraction of sp³-hybridized carbons (Fsp3) is 0.294. The van der Waals surface area contributed by atoms with Crippen molar-refractivity contribution in [3.8, 4) is 0 Å². The molecule has 0 amide bonds. The molecule has 0 aromatic heterocycles. The van der Waals surface area contributed by atoms with Crippen LogP contribution in [0.4, 0.5) is 4.39 Å². The van der Waals surface area contributed by atoms with Crippen LogP contribution >= 0.6 is 11.8 Å². The van der Waals surface area contributed by atoms with Gasteiger partial charge in [0.25, 0.3) is 0 Å². The van der Waals surface area contributed by atoms with E-state index in [-0.39, 0.29) is 11.9 Å². The summed E-state index contributed by atoms with van der Waals surface area (Å²) in [7, 11) is 0. The second-order valence-electron chi connectivity index (χ2n) is 4.90. The van der Waals surface area contributed by atoms with Gasteiger partial charge in [0.05, 0.1) is 0 Å². The molecule has 3 heteroatoms. The van der Waals surface area contributed by atoms with Crippen LogP contribution in [-0.4, -0.2) is 6.04 Å². The molecule has 20 heavy (non-hydrogen) atoms. The quantitative estimate of drug-likeness (QED) is 0.798. The van der Waals surface area contributed by atoms with Crippen LogP contribution in [0.1, 0.15) is 24.5 Å². The maximum atomic E-state index is 13.4. The Hall–Kier alpha value is -1.32. The number of rotatable bonds is 6. The van der Waals surface area contributed by atoms with E-state index in [1.165, 1.54) is 11.6 Å². The van der Waals surface area contributed by atoms with E-state index in [1.54, 1.807) is 17.8 Å². The van der Waals surface area contributed by atoms with Gasteiger partial charge in [-0.1, -0.05) is 37.3 Å². The van der Waals surface area contributed by atoms with Gasteiger partial charge in [0.15, 0.2) is 0 Å². The standard InChI is InChI=1S/C17H20FNS/c1-2-16(19)11-14-10-15(18)8-9-17(14)20-12-13-6-4-3-5-7-13/h3-10,16H,2,11-12,19H2,1H3. The van der Waals surface area contributed by atoms with Crippen molar-refractivity contribution in [1.29, 1.82) is 0 Å². The third kappa shape index (κ3) is 4.36. The molecule has 0 radical (unpaired) electrons. The molecule has 1 atom stereocenters. The van der Waals surface area contributed by atoms with Gasteiger partial charge >= 0.3 is 0 Å². The fourth-order valence-corrected chi connectivity index (χ4v) is 3.02.